The molecule has 4 nitrogen and oxygen atoms in total. The van der Waals surface area contributed by atoms with Crippen LogP contribution in [0.3, 0.4) is 0 Å². The van der Waals surface area contributed by atoms with Gasteiger partial charge in [-0.25, -0.2) is 0 Å². The quantitative estimate of drug-likeness (QED) is 0.745. The number of nitrogens with zero attached hydrogens (tertiary/aromatic N) is 1. The summed E-state index contributed by atoms with van der Waals surface area (Å²) in [6.07, 6.45) is 0.250. The first-order chi connectivity index (χ1) is 7.00. The maximum Gasteiger partial charge on any atom is 0.308 e. The number of carbonyl (C=O) groups is 1. The monoisotopic (exact) mass is 215 g/mol. The third-order valence-corrected chi connectivity index (χ3v) is 2.86. The summed E-state index contributed by atoms with van der Waals surface area (Å²) < 4.78 is 5.45. The van der Waals surface area contributed by atoms with Crippen LogP contribution in [0.2, 0.25) is 0 Å². The van der Waals surface area contributed by atoms with E-state index in [2.05, 4.69) is 4.90 Å². The Labute approximate surface area is 91.2 Å². The highest BCUT2D eigenvalue weighted by Gasteiger charge is 2.34. The van der Waals surface area contributed by atoms with Gasteiger partial charge in [-0.2, -0.15) is 0 Å². The molecule has 1 N–H and O–H groups in total. The Morgan fingerprint density at radius 1 is 1.53 bits per heavy atom. The van der Waals surface area contributed by atoms with Gasteiger partial charge in [-0.3, -0.25) is 9.69 Å². The topological polar surface area (TPSA) is 49.8 Å². The Hall–Kier alpha value is -0.610. The Kier molecular flexibility index (Phi) is 4.54. The second-order valence-corrected chi connectivity index (χ2v) is 4.60. The van der Waals surface area contributed by atoms with E-state index in [9.17, 15) is 4.79 Å². The van der Waals surface area contributed by atoms with Crippen molar-refractivity contribution in [2.75, 3.05) is 26.2 Å². The van der Waals surface area contributed by atoms with Crippen molar-refractivity contribution < 1.29 is 14.6 Å². The number of hydrogen-bond acceptors (Lipinski definition) is 3. The minimum atomic E-state index is -0.672. The zero-order valence-electron chi connectivity index (χ0n) is 9.77. The number of rotatable bonds is 5. The summed E-state index contributed by atoms with van der Waals surface area (Å²) in [6, 6.07) is 0. The van der Waals surface area contributed by atoms with Crippen LogP contribution in [0, 0.1) is 11.8 Å². The highest BCUT2D eigenvalue weighted by Crippen LogP contribution is 2.22. The van der Waals surface area contributed by atoms with Crippen molar-refractivity contribution in [3.8, 4) is 0 Å². The molecule has 15 heavy (non-hydrogen) atoms. The molecule has 0 aromatic rings. The van der Waals surface area contributed by atoms with Gasteiger partial charge in [0.2, 0.25) is 0 Å². The molecule has 2 atom stereocenters. The van der Waals surface area contributed by atoms with E-state index in [0.717, 1.165) is 13.1 Å². The number of carboxylic acids is 1. The van der Waals surface area contributed by atoms with Gasteiger partial charge < -0.3 is 9.84 Å². The molecule has 0 spiro atoms. The fourth-order valence-corrected chi connectivity index (χ4v) is 1.99. The normalized spacial score (nSPS) is 27.5. The maximum atomic E-state index is 10.9. The Morgan fingerprint density at radius 3 is 2.67 bits per heavy atom. The molecule has 88 valence electrons. The molecule has 0 aromatic carbocycles. The van der Waals surface area contributed by atoms with Gasteiger partial charge in [0.1, 0.15) is 0 Å². The molecule has 1 fully saturated rings. The molecule has 0 bridgehead atoms. The third-order valence-electron chi connectivity index (χ3n) is 2.86. The van der Waals surface area contributed by atoms with Gasteiger partial charge in [0, 0.05) is 19.6 Å². The number of hydrogen-bond donors (Lipinski definition) is 1. The van der Waals surface area contributed by atoms with E-state index in [0.29, 0.717) is 13.2 Å². The van der Waals surface area contributed by atoms with Crippen LogP contribution in [-0.2, 0) is 9.53 Å². The summed E-state index contributed by atoms with van der Waals surface area (Å²) in [5, 5.41) is 8.96. The molecule has 4 heteroatoms. The van der Waals surface area contributed by atoms with Gasteiger partial charge in [-0.1, -0.05) is 6.92 Å². The van der Waals surface area contributed by atoms with E-state index in [1.165, 1.54) is 0 Å². The highest BCUT2D eigenvalue weighted by atomic mass is 16.5. The van der Waals surface area contributed by atoms with Gasteiger partial charge in [0.25, 0.3) is 0 Å². The van der Waals surface area contributed by atoms with Crippen LogP contribution >= 0.6 is 0 Å². The van der Waals surface area contributed by atoms with Crippen LogP contribution in [0.15, 0.2) is 0 Å². The summed E-state index contributed by atoms with van der Waals surface area (Å²) in [6.45, 7) is 9.08. The lowest BCUT2D eigenvalue weighted by molar-refractivity contribution is -0.142. The van der Waals surface area contributed by atoms with Crippen LogP contribution < -0.4 is 0 Å². The van der Waals surface area contributed by atoms with Crippen LogP contribution in [0.4, 0.5) is 0 Å². The Morgan fingerprint density at radius 2 is 2.20 bits per heavy atom. The predicted octanol–water partition coefficient (Wildman–Crippen LogP) is 1.06. The van der Waals surface area contributed by atoms with Crippen LogP contribution in [0.25, 0.3) is 0 Å². The van der Waals surface area contributed by atoms with Crippen LogP contribution in [0.1, 0.15) is 20.8 Å². The van der Waals surface area contributed by atoms with Crippen molar-refractivity contribution >= 4 is 5.97 Å². The zero-order chi connectivity index (χ0) is 11.4. The number of likely N-dealkylation sites (tertiary alicyclic amines) is 1. The second-order valence-electron chi connectivity index (χ2n) is 4.60. The molecule has 1 heterocycles. The molecule has 0 unspecified atom stereocenters. The average Bonchev–Trinajstić information content (AvgIpc) is 2.46. The minimum Gasteiger partial charge on any atom is -0.481 e. The second kappa shape index (κ2) is 5.47. The summed E-state index contributed by atoms with van der Waals surface area (Å²) in [7, 11) is 0. The van der Waals surface area contributed by atoms with E-state index >= 15 is 0 Å². The lowest BCUT2D eigenvalue weighted by atomic mass is 9.99. The average molecular weight is 215 g/mol. The molecule has 0 aliphatic carbocycles. The maximum absolute atomic E-state index is 10.9. The van der Waals surface area contributed by atoms with Crippen molar-refractivity contribution in [3.05, 3.63) is 0 Å². The summed E-state index contributed by atoms with van der Waals surface area (Å²) in [4.78, 5) is 13.1. The third kappa shape index (κ3) is 3.80. The van der Waals surface area contributed by atoms with Crippen LogP contribution in [0.5, 0.6) is 0 Å². The standard InChI is InChI=1S/C11H21NO3/c1-8(2)15-5-4-12-6-9(3)10(7-12)11(13)14/h8-10H,4-7H2,1-3H3,(H,13,14)/t9-,10-/m1/s1. The van der Waals surface area contributed by atoms with Crippen molar-refractivity contribution in [1.82, 2.24) is 4.90 Å². The molecule has 0 aromatic heterocycles. The smallest absolute Gasteiger partial charge is 0.308 e. The lowest BCUT2D eigenvalue weighted by Gasteiger charge is -2.16. The van der Waals surface area contributed by atoms with E-state index in [-0.39, 0.29) is 17.9 Å². The first kappa shape index (κ1) is 12.5. The number of aliphatic carboxylic acids is 1. The van der Waals surface area contributed by atoms with Crippen molar-refractivity contribution in [2.24, 2.45) is 11.8 Å². The highest BCUT2D eigenvalue weighted by molar-refractivity contribution is 5.71. The molecule has 1 aliphatic heterocycles. The first-order valence-electron chi connectivity index (χ1n) is 5.57. The van der Waals surface area contributed by atoms with Crippen molar-refractivity contribution in [3.63, 3.8) is 0 Å². The van der Waals surface area contributed by atoms with E-state index < -0.39 is 5.97 Å². The molecule has 1 saturated heterocycles. The SMILES string of the molecule is CC(C)OCCN1C[C@@H](C)[C@H](C(=O)O)C1. The Balaban J connectivity index is 2.26. The molecular formula is C11H21NO3. The van der Waals surface area contributed by atoms with Gasteiger partial charge in [-0.05, 0) is 19.8 Å². The van der Waals surface area contributed by atoms with Crippen molar-refractivity contribution in [1.29, 1.82) is 0 Å². The molecular weight excluding hydrogens is 194 g/mol. The molecule has 1 aliphatic rings. The van der Waals surface area contributed by atoms with Gasteiger partial charge in [-0.15, -0.1) is 0 Å². The fraction of sp³-hybridized carbons (Fsp3) is 0.909. The summed E-state index contributed by atoms with van der Waals surface area (Å²) >= 11 is 0. The zero-order valence-corrected chi connectivity index (χ0v) is 9.77. The predicted molar refractivity (Wildman–Crippen MR) is 57.8 cm³/mol. The van der Waals surface area contributed by atoms with Gasteiger partial charge >= 0.3 is 5.97 Å². The number of carboxylic acid groups (broad SMARTS) is 1. The molecule has 1 rings (SSSR count). The first-order valence-corrected chi connectivity index (χ1v) is 5.57. The van der Waals surface area contributed by atoms with Crippen molar-refractivity contribution in [2.45, 2.75) is 26.9 Å². The van der Waals surface area contributed by atoms with E-state index in [1.54, 1.807) is 0 Å². The summed E-state index contributed by atoms with van der Waals surface area (Å²) in [5.41, 5.74) is 0. The van der Waals surface area contributed by atoms with E-state index in [1.807, 2.05) is 20.8 Å². The summed E-state index contributed by atoms with van der Waals surface area (Å²) in [5.74, 6) is -0.625. The van der Waals surface area contributed by atoms with Gasteiger partial charge in [0.05, 0.1) is 18.6 Å². The van der Waals surface area contributed by atoms with Gasteiger partial charge in [0.15, 0.2) is 0 Å². The van der Waals surface area contributed by atoms with Crippen LogP contribution in [-0.4, -0.2) is 48.3 Å². The Bertz CT molecular complexity index is 218. The lowest BCUT2D eigenvalue weighted by Crippen LogP contribution is -2.27. The minimum absolute atomic E-state index is 0.205. The molecule has 0 radical (unpaired) electrons. The number of ether oxygens (including phenoxy) is 1. The molecule has 0 amide bonds. The fourth-order valence-electron chi connectivity index (χ4n) is 1.99. The van der Waals surface area contributed by atoms with E-state index in [4.69, 9.17) is 9.84 Å². The molecule has 0 saturated carbocycles. The largest absolute Gasteiger partial charge is 0.481 e.